The van der Waals surface area contributed by atoms with E-state index in [0.717, 1.165) is 77.4 Å². The number of pyridine rings is 12. The first-order chi connectivity index (χ1) is 64.8. The van der Waals surface area contributed by atoms with Crippen LogP contribution in [0, 0.1) is 0 Å². The Hall–Kier alpha value is -18.0. The van der Waals surface area contributed by atoms with Gasteiger partial charge in [0.2, 0.25) is 0 Å². The number of aliphatic hydroxyl groups is 2. The molecule has 0 spiro atoms. The molecule has 0 saturated carbocycles. The van der Waals surface area contributed by atoms with Crippen LogP contribution in [0.15, 0.2) is 282 Å². The summed E-state index contributed by atoms with van der Waals surface area (Å²) in [5, 5.41) is 18.8. The lowest BCUT2D eigenvalue weighted by Gasteiger charge is -2.16. The molecule has 0 aliphatic heterocycles. The highest BCUT2D eigenvalue weighted by Gasteiger charge is 2.36. The number of aliphatic hydroxyl groups excluding tert-OH is 2. The highest BCUT2D eigenvalue weighted by Crippen LogP contribution is 2.38. The predicted molar refractivity (Wildman–Crippen MR) is 476 cm³/mol. The number of aromatic amines is 2. The second-order valence-electron chi connectivity index (χ2n) is 29.8. The summed E-state index contributed by atoms with van der Waals surface area (Å²) >= 11 is 0. The molecule has 16 heterocycles. The van der Waals surface area contributed by atoms with Gasteiger partial charge in [-0.2, -0.15) is 52.7 Å². The van der Waals surface area contributed by atoms with Crippen LogP contribution in [0.2, 0.25) is 0 Å². The number of rotatable bonds is 10. The van der Waals surface area contributed by atoms with Crippen LogP contribution in [-0.4, -0.2) is 107 Å². The quantitative estimate of drug-likeness (QED) is 0.0494. The van der Waals surface area contributed by atoms with Gasteiger partial charge in [0.1, 0.15) is 46.3 Å². The lowest BCUT2D eigenvalue weighted by Crippen LogP contribution is -2.39. The third kappa shape index (κ3) is 17.3. The van der Waals surface area contributed by atoms with E-state index in [-0.39, 0.29) is 95.0 Å². The number of anilines is 3. The number of nitrogens with zero attached hydrogens (tertiary/aromatic N) is 18. The summed E-state index contributed by atoms with van der Waals surface area (Å²) in [7, 11) is 1.25. The molecule has 16 aromatic heterocycles. The van der Waals surface area contributed by atoms with Crippen molar-refractivity contribution in [3.8, 4) is 67.8 Å². The molecule has 0 fully saturated rings. The second kappa shape index (κ2) is 35.0. The van der Waals surface area contributed by atoms with Gasteiger partial charge in [-0.3, -0.25) is 76.9 Å². The molecule has 20 rings (SSSR count). The second-order valence-corrected chi connectivity index (χ2v) is 29.8. The van der Waals surface area contributed by atoms with Gasteiger partial charge in [-0.25, -0.2) is 58.6 Å². The molecule has 680 valence electrons. The molecule has 20 aromatic rings. The van der Waals surface area contributed by atoms with E-state index in [4.69, 9.17) is 17.2 Å². The van der Waals surface area contributed by atoms with Crippen LogP contribution in [0.1, 0.15) is 27.9 Å². The van der Waals surface area contributed by atoms with Crippen LogP contribution in [0.3, 0.4) is 0 Å². The Morgan fingerprint density at radius 1 is 0.324 bits per heavy atom. The van der Waals surface area contributed by atoms with Gasteiger partial charge in [0, 0.05) is 78.9 Å². The van der Waals surface area contributed by atoms with Crippen molar-refractivity contribution in [2.45, 2.75) is 38.0 Å². The zero-order valence-corrected chi connectivity index (χ0v) is 69.0. The van der Waals surface area contributed by atoms with E-state index >= 15 is 0 Å². The predicted octanol–water partition coefficient (Wildman–Crippen LogP) is 12.5. The Labute approximate surface area is 747 Å². The smallest absolute Gasteiger partial charge is 0.390 e. The van der Waals surface area contributed by atoms with Gasteiger partial charge in [-0.15, -0.1) is 0 Å². The zero-order valence-electron chi connectivity index (χ0n) is 69.0. The summed E-state index contributed by atoms with van der Waals surface area (Å²) in [6, 6.07) is 43.2. The zero-order chi connectivity index (χ0) is 96.5. The largest absolute Gasteiger partial charge is 0.416 e. The molecule has 33 nitrogen and oxygen atoms in total. The minimum Gasteiger partial charge on any atom is -0.390 e. The Morgan fingerprint density at radius 2 is 0.618 bits per heavy atom. The van der Waals surface area contributed by atoms with Gasteiger partial charge >= 0.3 is 47.5 Å². The van der Waals surface area contributed by atoms with Crippen LogP contribution in [0.25, 0.3) is 156 Å². The van der Waals surface area contributed by atoms with Crippen LogP contribution >= 0.6 is 0 Å². The van der Waals surface area contributed by atoms with E-state index in [1.54, 1.807) is 97.1 Å². The number of nitrogens with two attached hydrogens (primary N) is 3. The molecular weight excluding hydrogens is 1800 g/mol. The average molecular weight is 1860 g/mol. The normalized spacial score (nSPS) is 11.9. The van der Waals surface area contributed by atoms with Crippen molar-refractivity contribution in [3.63, 3.8) is 0 Å². The molecule has 136 heavy (non-hydrogen) atoms. The van der Waals surface area contributed by atoms with Crippen molar-refractivity contribution in [2.75, 3.05) is 17.2 Å². The fourth-order valence-electron chi connectivity index (χ4n) is 14.7. The lowest BCUT2D eigenvalue weighted by molar-refractivity contribution is -0.138. The third-order valence-corrected chi connectivity index (χ3v) is 21.3. The summed E-state index contributed by atoms with van der Waals surface area (Å²) in [6.07, 6.45) is -7.52. The summed E-state index contributed by atoms with van der Waals surface area (Å²) < 4.78 is 166. The van der Waals surface area contributed by atoms with E-state index in [2.05, 4.69) is 69.8 Å². The first-order valence-corrected chi connectivity index (χ1v) is 39.6. The number of fused-ring (bicyclic) bond motifs is 12. The minimum absolute atomic E-state index is 0.000377. The monoisotopic (exact) mass is 1860 g/mol. The maximum absolute atomic E-state index is 13.4. The van der Waals surface area contributed by atoms with Crippen molar-refractivity contribution < 1.29 is 62.9 Å². The summed E-state index contributed by atoms with van der Waals surface area (Å²) in [5.41, 5.74) is 12.7. The Kier molecular flexibility index (Phi) is 23.1. The fraction of sp³-hybridized carbons (Fsp3) is 0.0769. The average Bonchev–Trinajstić information content (AvgIpc) is 0.726. The molecule has 0 unspecified atom stereocenters. The van der Waals surface area contributed by atoms with Crippen LogP contribution in [0.4, 0.5) is 70.1 Å². The molecular formula is C91H57F12N23O10. The number of hydrogen-bond donors (Lipinski definition) is 7. The Balaban J connectivity index is 0.000000126. The molecule has 0 radical (unpaired) electrons. The third-order valence-electron chi connectivity index (χ3n) is 21.3. The number of nitrogens with one attached hydrogen (secondary N) is 2. The van der Waals surface area contributed by atoms with Crippen molar-refractivity contribution in [3.05, 3.63) is 355 Å². The number of hydrogen-bond acceptors (Lipinski definition) is 25. The SMILES string of the molecule is Cn1c(=O)c2cnc3ccc(-c4ccc(N)nc4)nc3c2n(-c2cccc(C(F)(F)F)c2)c1=O.Nc1ccc(-c2ccc3ncc4c(=O)[nH]c(=O)n(-c5cccc(C(F)(F)F)c5)c4c3n2)cn1.Nc1ccc(-c2ccc3ncc4c(=O)n(CO)c(=O)n(-c5cccc(C(F)(F)F)c5)c4c3n2)cn1.O=c1[nH]c(=O)n(-c2cccc(C(F)(F)F)c2)c2c1cnc1ccc(-c3ccc(CO)nc3)nc12. The molecule has 0 aliphatic rings. The molecule has 0 amide bonds. The number of H-pyrrole nitrogens is 2. The Bertz CT molecular complexity index is 8800. The molecule has 0 saturated heterocycles. The number of halogens is 12. The maximum atomic E-state index is 13.4. The van der Waals surface area contributed by atoms with E-state index in [1.165, 1.54) is 99.1 Å². The summed E-state index contributed by atoms with van der Waals surface area (Å²) in [4.78, 5) is 159. The topological polar surface area (TPSA) is 471 Å². The van der Waals surface area contributed by atoms with Crippen molar-refractivity contribution >= 4 is 105 Å². The van der Waals surface area contributed by atoms with Gasteiger partial charge in [0.05, 0.1) is 146 Å². The van der Waals surface area contributed by atoms with Crippen LogP contribution in [-0.2, 0) is 45.1 Å². The van der Waals surface area contributed by atoms with Gasteiger partial charge < -0.3 is 27.4 Å². The van der Waals surface area contributed by atoms with E-state index < -0.39 is 98.7 Å². The van der Waals surface area contributed by atoms with E-state index in [9.17, 15) is 101 Å². The summed E-state index contributed by atoms with van der Waals surface area (Å²) in [5.74, 6) is 0.930. The highest BCUT2D eigenvalue weighted by molar-refractivity contribution is 6.05. The lowest BCUT2D eigenvalue weighted by atomic mass is 10.1. The summed E-state index contributed by atoms with van der Waals surface area (Å²) in [6.45, 7) is -1.21. The number of benzene rings is 4. The first-order valence-electron chi connectivity index (χ1n) is 39.6. The molecule has 10 N–H and O–H groups in total. The molecule has 0 bridgehead atoms. The Morgan fingerprint density at radius 3 is 0.912 bits per heavy atom. The standard InChI is InChI=1S/C23H15F3N6O3.C23H15F3N6O2.C23H14F3N5O3.C22H13F3N6O2/c24-23(25,26)13-2-1-3-14(8-13)32-20-15(21(34)31(11-33)22(32)35)10-28-17-6-5-16(30-19(17)20)12-4-7-18(27)29-9-12;1-31-21(33)15-11-28-17-7-6-16(12-5-8-18(27)29-10-12)30-19(17)20(15)32(22(31)34)14-4-2-3-13(9-14)23(24,25)26;24-23(25,26)13-2-1-3-15(8-13)31-20-16(21(33)30-22(31)34)10-28-18-7-6-17(29-19(18)20)12-4-5-14(11-32)27-9-12;23-22(24,25)12-2-1-3-13(8-12)31-19-14(20(32)30-21(31)33)10-27-16-6-5-15(29-18(16)19)11-4-7-17(26)28-9-11/h1-10,33H,11H2,(H2,27,29);2-11H,1H3,(H2,27,29);1-10,32H,11H2,(H,30,33,34);1-10H,(H2,26,28)(H,30,32,33). The highest BCUT2D eigenvalue weighted by atomic mass is 19.4. The van der Waals surface area contributed by atoms with E-state index in [0.29, 0.717) is 94.8 Å². The first kappa shape index (κ1) is 89.9. The number of nitrogen functional groups attached to an aromatic ring is 3. The van der Waals surface area contributed by atoms with Gasteiger partial charge in [-0.05, 0) is 170 Å². The fourth-order valence-corrected chi connectivity index (χ4v) is 14.7. The number of aromatic nitrogens is 20. The number of alkyl halides is 12. The molecule has 0 atom stereocenters. The van der Waals surface area contributed by atoms with E-state index in [1.807, 2.05) is 0 Å². The van der Waals surface area contributed by atoms with Crippen LogP contribution < -0.4 is 62.2 Å². The maximum Gasteiger partial charge on any atom is 0.416 e. The molecule has 45 heteroatoms. The van der Waals surface area contributed by atoms with Gasteiger partial charge in [-0.1, -0.05) is 24.3 Å². The van der Waals surface area contributed by atoms with Gasteiger partial charge in [0.15, 0.2) is 0 Å². The van der Waals surface area contributed by atoms with Crippen molar-refractivity contribution in [1.29, 1.82) is 0 Å². The molecule has 4 aromatic carbocycles. The van der Waals surface area contributed by atoms with Crippen molar-refractivity contribution in [2.24, 2.45) is 7.05 Å². The van der Waals surface area contributed by atoms with Crippen LogP contribution in [0.5, 0.6) is 0 Å². The van der Waals surface area contributed by atoms with Gasteiger partial charge in [0.25, 0.3) is 22.2 Å². The molecule has 0 aliphatic carbocycles. The minimum atomic E-state index is -4.67. The van der Waals surface area contributed by atoms with Crippen molar-refractivity contribution in [1.82, 2.24) is 97.2 Å².